The van der Waals surface area contributed by atoms with Crippen LogP contribution >= 0.6 is 0 Å². The van der Waals surface area contributed by atoms with Gasteiger partial charge in [-0.3, -0.25) is 4.40 Å². The van der Waals surface area contributed by atoms with E-state index < -0.39 is 10.0 Å². The van der Waals surface area contributed by atoms with Crippen LogP contribution < -0.4 is 10.5 Å². The maximum absolute atomic E-state index is 12.2. The molecule has 1 saturated heterocycles. The number of sulfonamides is 1. The maximum atomic E-state index is 12.2. The van der Waals surface area contributed by atoms with E-state index in [2.05, 4.69) is 16.0 Å². The lowest BCUT2D eigenvalue weighted by Gasteiger charge is -2.17. The summed E-state index contributed by atoms with van der Waals surface area (Å²) in [4.78, 5) is 9.34. The van der Waals surface area contributed by atoms with Gasteiger partial charge in [0, 0.05) is 36.2 Å². The summed E-state index contributed by atoms with van der Waals surface area (Å²) in [6.07, 6.45) is 5.57. The van der Waals surface area contributed by atoms with Crippen LogP contribution in [-0.2, 0) is 10.0 Å². The smallest absolute Gasteiger partial charge is 0.235 e. The zero-order chi connectivity index (χ0) is 24.9. The standard InChI is InChI=1S/C27H27N5O3S/c1-2-36(33,34)31-15-20-12-19(13-21(20)16-31)27-29-14-25-26(28)30-24(17-32(25)27)18-8-10-23(11-9-18)35-22-6-4-3-5-7-22/h2-11,14,17,19-21H,1,12-13,15-16H2,(H2,28,30). The lowest BCUT2D eigenvalue weighted by molar-refractivity contribution is 0.439. The van der Waals surface area contributed by atoms with Gasteiger partial charge in [-0.25, -0.2) is 18.4 Å². The second kappa shape index (κ2) is 8.76. The number of hydrogen-bond acceptors (Lipinski definition) is 6. The molecule has 0 spiro atoms. The molecule has 2 unspecified atom stereocenters. The number of ether oxygens (including phenoxy) is 1. The van der Waals surface area contributed by atoms with Crippen LogP contribution in [-0.4, -0.2) is 40.2 Å². The Morgan fingerprint density at radius 2 is 1.67 bits per heavy atom. The molecule has 2 aliphatic rings. The van der Waals surface area contributed by atoms with Crippen molar-refractivity contribution in [3.8, 4) is 22.8 Å². The first-order valence-electron chi connectivity index (χ1n) is 12.0. The molecule has 1 aliphatic heterocycles. The molecule has 2 fully saturated rings. The largest absolute Gasteiger partial charge is 0.457 e. The Hall–Kier alpha value is -3.69. The number of nitrogen functional groups attached to an aromatic ring is 1. The number of para-hydroxylation sites is 1. The third-order valence-electron chi connectivity index (χ3n) is 7.36. The highest BCUT2D eigenvalue weighted by atomic mass is 32.2. The van der Waals surface area contributed by atoms with E-state index in [0.717, 1.165) is 52.3 Å². The molecular weight excluding hydrogens is 474 g/mol. The quantitative estimate of drug-likeness (QED) is 0.412. The average Bonchev–Trinajstić information content (AvgIpc) is 3.59. The highest BCUT2D eigenvalue weighted by Gasteiger charge is 2.45. The molecule has 1 aliphatic carbocycles. The van der Waals surface area contributed by atoms with Crippen LogP contribution in [0.4, 0.5) is 5.82 Å². The number of rotatable bonds is 6. The van der Waals surface area contributed by atoms with Crippen LogP contribution in [0.5, 0.6) is 11.5 Å². The van der Waals surface area contributed by atoms with Gasteiger partial charge in [-0.15, -0.1) is 0 Å². The molecular formula is C27H27N5O3S. The van der Waals surface area contributed by atoms with E-state index in [9.17, 15) is 8.42 Å². The number of aromatic nitrogens is 3. The molecule has 1 saturated carbocycles. The van der Waals surface area contributed by atoms with E-state index in [4.69, 9.17) is 15.5 Å². The maximum Gasteiger partial charge on any atom is 0.235 e. The van der Waals surface area contributed by atoms with E-state index in [-0.39, 0.29) is 5.92 Å². The van der Waals surface area contributed by atoms with Gasteiger partial charge in [-0.05, 0) is 61.1 Å². The number of nitrogens with zero attached hydrogens (tertiary/aromatic N) is 4. The Bertz CT molecular complexity index is 1520. The van der Waals surface area contributed by atoms with Crippen molar-refractivity contribution < 1.29 is 13.2 Å². The molecule has 0 amide bonds. The first-order chi connectivity index (χ1) is 17.4. The van der Waals surface area contributed by atoms with Crippen molar-refractivity contribution in [3.63, 3.8) is 0 Å². The first-order valence-corrected chi connectivity index (χ1v) is 13.5. The fraction of sp³-hybridized carbons (Fsp3) is 0.259. The Morgan fingerprint density at radius 1 is 1.00 bits per heavy atom. The van der Waals surface area contributed by atoms with Crippen molar-refractivity contribution in [1.29, 1.82) is 0 Å². The molecule has 6 rings (SSSR count). The summed E-state index contributed by atoms with van der Waals surface area (Å²) in [7, 11) is -3.37. The third kappa shape index (κ3) is 4.04. The summed E-state index contributed by atoms with van der Waals surface area (Å²) in [6, 6.07) is 17.4. The third-order valence-corrected chi connectivity index (χ3v) is 8.80. The second-order valence-electron chi connectivity index (χ2n) is 9.54. The topological polar surface area (TPSA) is 103 Å². The summed E-state index contributed by atoms with van der Waals surface area (Å²) < 4.78 is 33.9. The highest BCUT2D eigenvalue weighted by Crippen LogP contribution is 2.46. The van der Waals surface area contributed by atoms with E-state index in [1.807, 2.05) is 60.8 Å². The van der Waals surface area contributed by atoms with Gasteiger partial charge >= 0.3 is 0 Å². The molecule has 2 aromatic carbocycles. The summed E-state index contributed by atoms with van der Waals surface area (Å²) in [6.45, 7) is 4.55. The Morgan fingerprint density at radius 3 is 2.33 bits per heavy atom. The SMILES string of the molecule is C=CS(=O)(=O)N1CC2CC(c3ncc4c(N)nc(-c5ccc(Oc6ccccc6)cc5)cn34)CC2C1. The minimum absolute atomic E-state index is 0.243. The number of fused-ring (bicyclic) bond motifs is 2. The molecule has 2 aromatic heterocycles. The number of benzene rings is 2. The fourth-order valence-electron chi connectivity index (χ4n) is 5.58. The summed E-state index contributed by atoms with van der Waals surface area (Å²) in [5.74, 6) is 3.80. The molecule has 8 nitrogen and oxygen atoms in total. The van der Waals surface area contributed by atoms with Crippen molar-refractivity contribution in [1.82, 2.24) is 18.7 Å². The van der Waals surface area contributed by atoms with E-state index >= 15 is 0 Å². The van der Waals surface area contributed by atoms with E-state index in [0.29, 0.717) is 30.7 Å². The highest BCUT2D eigenvalue weighted by molar-refractivity contribution is 7.92. The van der Waals surface area contributed by atoms with Gasteiger partial charge in [0.25, 0.3) is 0 Å². The predicted octanol–water partition coefficient (Wildman–Crippen LogP) is 4.67. The Labute approximate surface area is 210 Å². The zero-order valence-corrected chi connectivity index (χ0v) is 20.5. The van der Waals surface area contributed by atoms with Crippen molar-refractivity contribution in [2.24, 2.45) is 11.8 Å². The molecule has 2 N–H and O–H groups in total. The van der Waals surface area contributed by atoms with Crippen LogP contribution in [0.25, 0.3) is 16.8 Å². The molecule has 0 radical (unpaired) electrons. The molecule has 9 heteroatoms. The molecule has 184 valence electrons. The number of anilines is 1. The van der Waals surface area contributed by atoms with Gasteiger partial charge in [0.1, 0.15) is 28.7 Å². The first kappa shape index (κ1) is 22.8. The van der Waals surface area contributed by atoms with E-state index in [1.165, 1.54) is 0 Å². The van der Waals surface area contributed by atoms with Crippen LogP contribution in [0.3, 0.4) is 0 Å². The lowest BCUT2D eigenvalue weighted by Crippen LogP contribution is -2.28. The van der Waals surface area contributed by atoms with E-state index in [1.54, 1.807) is 10.5 Å². The zero-order valence-electron chi connectivity index (χ0n) is 19.7. The summed E-state index contributed by atoms with van der Waals surface area (Å²) in [5, 5.41) is 1.05. The van der Waals surface area contributed by atoms with Gasteiger partial charge in [0.2, 0.25) is 10.0 Å². The van der Waals surface area contributed by atoms with Crippen LogP contribution in [0.2, 0.25) is 0 Å². The van der Waals surface area contributed by atoms with Gasteiger partial charge in [0.05, 0.1) is 11.9 Å². The lowest BCUT2D eigenvalue weighted by atomic mass is 10.0. The van der Waals surface area contributed by atoms with Crippen molar-refractivity contribution in [2.45, 2.75) is 18.8 Å². The van der Waals surface area contributed by atoms with Gasteiger partial charge in [0.15, 0.2) is 0 Å². The van der Waals surface area contributed by atoms with Gasteiger partial charge in [-0.1, -0.05) is 24.8 Å². The van der Waals surface area contributed by atoms with Crippen LogP contribution in [0, 0.1) is 11.8 Å². The molecule has 2 atom stereocenters. The summed E-state index contributed by atoms with van der Waals surface area (Å²) >= 11 is 0. The summed E-state index contributed by atoms with van der Waals surface area (Å²) in [5.41, 5.74) is 8.80. The predicted molar refractivity (Wildman–Crippen MR) is 139 cm³/mol. The van der Waals surface area contributed by atoms with Crippen molar-refractivity contribution in [2.75, 3.05) is 18.8 Å². The van der Waals surface area contributed by atoms with Crippen molar-refractivity contribution >= 4 is 21.4 Å². The monoisotopic (exact) mass is 501 g/mol. The van der Waals surface area contributed by atoms with Crippen LogP contribution in [0.15, 0.2) is 79.0 Å². The minimum atomic E-state index is -3.37. The Balaban J connectivity index is 1.24. The minimum Gasteiger partial charge on any atom is -0.457 e. The fourth-order valence-corrected chi connectivity index (χ4v) is 6.59. The molecule has 4 aromatic rings. The van der Waals surface area contributed by atoms with Crippen LogP contribution in [0.1, 0.15) is 24.6 Å². The molecule has 0 bridgehead atoms. The van der Waals surface area contributed by atoms with Gasteiger partial charge < -0.3 is 10.5 Å². The Kier molecular flexibility index (Phi) is 5.54. The molecule has 36 heavy (non-hydrogen) atoms. The number of imidazole rings is 1. The average molecular weight is 502 g/mol. The molecule has 3 heterocycles. The number of nitrogens with two attached hydrogens (primary N) is 1. The number of hydrogen-bond donors (Lipinski definition) is 1. The van der Waals surface area contributed by atoms with Gasteiger partial charge in [-0.2, -0.15) is 4.31 Å². The second-order valence-corrected chi connectivity index (χ2v) is 11.4. The normalized spacial score (nSPS) is 22.1. The van der Waals surface area contributed by atoms with Crippen molar-refractivity contribution in [3.05, 3.63) is 84.8 Å².